The summed E-state index contributed by atoms with van der Waals surface area (Å²) < 4.78 is 10.8. The fraction of sp³-hybridized carbons (Fsp3) is 0.429. The molecule has 2 aromatic rings. The van der Waals surface area contributed by atoms with Crippen molar-refractivity contribution in [2.75, 3.05) is 34.9 Å². The fourth-order valence-corrected chi connectivity index (χ4v) is 3.03. The Morgan fingerprint density at radius 1 is 1.00 bits per heavy atom. The summed E-state index contributed by atoms with van der Waals surface area (Å²) in [4.78, 5) is 2.23. The van der Waals surface area contributed by atoms with Crippen molar-refractivity contribution in [2.24, 2.45) is 0 Å². The molecule has 0 heterocycles. The Labute approximate surface area is 151 Å². The minimum Gasteiger partial charge on any atom is -0.497 e. The SMILES string of the molecule is COc1cccc(C(CNC(C)Cc2ccccc2OC)N(C)C)c1. The van der Waals surface area contributed by atoms with E-state index in [4.69, 9.17) is 9.47 Å². The van der Waals surface area contributed by atoms with Crippen LogP contribution in [-0.2, 0) is 6.42 Å². The molecule has 0 aliphatic rings. The van der Waals surface area contributed by atoms with Gasteiger partial charge in [-0.25, -0.2) is 0 Å². The average Bonchev–Trinajstić information content (AvgIpc) is 2.62. The van der Waals surface area contributed by atoms with Crippen LogP contribution in [0.5, 0.6) is 11.5 Å². The molecule has 0 aromatic heterocycles. The fourth-order valence-electron chi connectivity index (χ4n) is 3.03. The van der Waals surface area contributed by atoms with Crippen molar-refractivity contribution >= 4 is 0 Å². The van der Waals surface area contributed by atoms with E-state index in [1.54, 1.807) is 14.2 Å². The standard InChI is InChI=1S/C21H30N2O2/c1-16(13-18-9-6-7-12-21(18)25-5)22-15-20(23(2)3)17-10-8-11-19(14-17)24-4/h6-12,14,16,20,22H,13,15H2,1-5H3. The zero-order chi connectivity index (χ0) is 18.2. The van der Waals surface area contributed by atoms with Crippen molar-refractivity contribution in [3.63, 3.8) is 0 Å². The summed E-state index contributed by atoms with van der Waals surface area (Å²) in [6.45, 7) is 3.08. The van der Waals surface area contributed by atoms with Crippen LogP contribution in [0, 0.1) is 0 Å². The highest BCUT2D eigenvalue weighted by Gasteiger charge is 2.16. The number of ether oxygens (including phenoxy) is 2. The van der Waals surface area contributed by atoms with Gasteiger partial charge in [-0.2, -0.15) is 0 Å². The normalized spacial score (nSPS) is 13.5. The molecule has 1 N–H and O–H groups in total. The lowest BCUT2D eigenvalue weighted by atomic mass is 10.0. The molecule has 0 saturated carbocycles. The summed E-state index contributed by atoms with van der Waals surface area (Å²) in [6.07, 6.45) is 0.933. The maximum absolute atomic E-state index is 5.45. The molecule has 4 heteroatoms. The number of para-hydroxylation sites is 1. The van der Waals surface area contributed by atoms with Crippen LogP contribution in [0.25, 0.3) is 0 Å². The van der Waals surface area contributed by atoms with Gasteiger partial charge >= 0.3 is 0 Å². The molecule has 2 atom stereocenters. The molecule has 0 fully saturated rings. The molecule has 2 rings (SSSR count). The van der Waals surface area contributed by atoms with E-state index in [1.807, 2.05) is 24.3 Å². The van der Waals surface area contributed by atoms with Crippen LogP contribution in [-0.4, -0.2) is 45.8 Å². The number of likely N-dealkylation sites (N-methyl/N-ethyl adjacent to an activating group) is 1. The van der Waals surface area contributed by atoms with Gasteiger partial charge in [-0.3, -0.25) is 0 Å². The summed E-state index contributed by atoms with van der Waals surface area (Å²) in [5, 5.41) is 3.66. The molecule has 0 amide bonds. The maximum atomic E-state index is 5.45. The largest absolute Gasteiger partial charge is 0.497 e. The molecule has 0 saturated heterocycles. The molecular weight excluding hydrogens is 312 g/mol. The topological polar surface area (TPSA) is 33.7 Å². The van der Waals surface area contributed by atoms with E-state index >= 15 is 0 Å². The second-order valence-corrected chi connectivity index (χ2v) is 6.58. The van der Waals surface area contributed by atoms with Crippen LogP contribution in [0.2, 0.25) is 0 Å². The van der Waals surface area contributed by atoms with Gasteiger partial charge in [-0.15, -0.1) is 0 Å². The number of methoxy groups -OCH3 is 2. The number of nitrogens with one attached hydrogen (secondary N) is 1. The van der Waals surface area contributed by atoms with Gasteiger partial charge in [0.25, 0.3) is 0 Å². The van der Waals surface area contributed by atoms with Crippen LogP contribution in [0.3, 0.4) is 0 Å². The zero-order valence-corrected chi connectivity index (χ0v) is 16.0. The summed E-state index contributed by atoms with van der Waals surface area (Å²) in [5.41, 5.74) is 2.48. The number of hydrogen-bond acceptors (Lipinski definition) is 4. The Hall–Kier alpha value is -2.04. The van der Waals surface area contributed by atoms with Gasteiger partial charge in [0.05, 0.1) is 14.2 Å². The van der Waals surface area contributed by atoms with Gasteiger partial charge in [0.15, 0.2) is 0 Å². The van der Waals surface area contributed by atoms with Crippen LogP contribution < -0.4 is 14.8 Å². The van der Waals surface area contributed by atoms with Crippen LogP contribution in [0.4, 0.5) is 0 Å². The average molecular weight is 342 g/mol. The summed E-state index contributed by atoms with van der Waals surface area (Å²) in [5.74, 6) is 1.85. The lowest BCUT2D eigenvalue weighted by molar-refractivity contribution is 0.280. The minimum absolute atomic E-state index is 0.287. The highest BCUT2D eigenvalue weighted by Crippen LogP contribution is 2.23. The molecule has 4 nitrogen and oxygen atoms in total. The third kappa shape index (κ3) is 5.48. The van der Waals surface area contributed by atoms with E-state index in [1.165, 1.54) is 11.1 Å². The van der Waals surface area contributed by atoms with Crippen LogP contribution in [0.15, 0.2) is 48.5 Å². The van der Waals surface area contributed by atoms with Crippen molar-refractivity contribution in [1.29, 1.82) is 0 Å². The molecule has 25 heavy (non-hydrogen) atoms. The van der Waals surface area contributed by atoms with Gasteiger partial charge in [0.2, 0.25) is 0 Å². The van der Waals surface area contributed by atoms with Gasteiger partial charge in [-0.05, 0) is 56.8 Å². The summed E-state index contributed by atoms with van der Waals surface area (Å²) in [6, 6.07) is 17.1. The van der Waals surface area contributed by atoms with E-state index in [0.29, 0.717) is 6.04 Å². The van der Waals surface area contributed by atoms with Crippen LogP contribution in [0.1, 0.15) is 24.1 Å². The van der Waals surface area contributed by atoms with Crippen molar-refractivity contribution in [3.8, 4) is 11.5 Å². The molecule has 136 valence electrons. The first-order valence-corrected chi connectivity index (χ1v) is 8.70. The Morgan fingerprint density at radius 3 is 2.44 bits per heavy atom. The van der Waals surface area contributed by atoms with Crippen molar-refractivity contribution < 1.29 is 9.47 Å². The van der Waals surface area contributed by atoms with Gasteiger partial charge in [-0.1, -0.05) is 30.3 Å². The molecule has 0 aliphatic heterocycles. The monoisotopic (exact) mass is 342 g/mol. The first-order valence-electron chi connectivity index (χ1n) is 8.70. The van der Waals surface area contributed by atoms with Gasteiger partial charge < -0.3 is 19.7 Å². The Bertz CT molecular complexity index is 658. The van der Waals surface area contributed by atoms with E-state index < -0.39 is 0 Å². The first kappa shape index (κ1) is 19.3. The first-order chi connectivity index (χ1) is 12.0. The van der Waals surface area contributed by atoms with Crippen molar-refractivity contribution in [2.45, 2.75) is 25.4 Å². The maximum Gasteiger partial charge on any atom is 0.122 e. The van der Waals surface area contributed by atoms with E-state index in [2.05, 4.69) is 55.5 Å². The quantitative estimate of drug-likeness (QED) is 0.756. The van der Waals surface area contributed by atoms with Crippen molar-refractivity contribution in [3.05, 3.63) is 59.7 Å². The molecule has 0 radical (unpaired) electrons. The molecular formula is C21H30N2O2. The molecule has 2 unspecified atom stereocenters. The highest BCUT2D eigenvalue weighted by molar-refractivity contribution is 5.34. The molecule has 0 aliphatic carbocycles. The second-order valence-electron chi connectivity index (χ2n) is 6.58. The predicted octanol–water partition coefficient (Wildman–Crippen LogP) is 3.53. The van der Waals surface area contributed by atoms with E-state index in [0.717, 1.165) is 24.5 Å². The molecule has 2 aromatic carbocycles. The Kier molecular flexibility index (Phi) is 7.29. The smallest absolute Gasteiger partial charge is 0.122 e. The number of nitrogens with zero attached hydrogens (tertiary/aromatic N) is 1. The van der Waals surface area contributed by atoms with E-state index in [-0.39, 0.29) is 6.04 Å². The van der Waals surface area contributed by atoms with Crippen LogP contribution >= 0.6 is 0 Å². The third-order valence-corrected chi connectivity index (χ3v) is 4.48. The van der Waals surface area contributed by atoms with Crippen molar-refractivity contribution in [1.82, 2.24) is 10.2 Å². The lowest BCUT2D eigenvalue weighted by Gasteiger charge is -2.27. The lowest BCUT2D eigenvalue weighted by Crippen LogP contribution is -2.36. The van der Waals surface area contributed by atoms with Gasteiger partial charge in [0.1, 0.15) is 11.5 Å². The second kappa shape index (κ2) is 9.44. The summed E-state index contributed by atoms with van der Waals surface area (Å²) >= 11 is 0. The van der Waals surface area contributed by atoms with E-state index in [9.17, 15) is 0 Å². The highest BCUT2D eigenvalue weighted by atomic mass is 16.5. The predicted molar refractivity (Wildman–Crippen MR) is 104 cm³/mol. The number of rotatable bonds is 9. The number of benzene rings is 2. The third-order valence-electron chi connectivity index (χ3n) is 4.48. The zero-order valence-electron chi connectivity index (χ0n) is 16.0. The molecule has 0 bridgehead atoms. The van der Waals surface area contributed by atoms with Gasteiger partial charge in [0, 0.05) is 18.6 Å². The Balaban J connectivity index is 2.00. The summed E-state index contributed by atoms with van der Waals surface area (Å²) in [7, 11) is 7.65. The Morgan fingerprint density at radius 2 is 1.76 bits per heavy atom. The minimum atomic E-state index is 0.287. The molecule has 0 spiro atoms. The number of hydrogen-bond donors (Lipinski definition) is 1.